The van der Waals surface area contributed by atoms with E-state index in [1.807, 2.05) is 18.2 Å². The van der Waals surface area contributed by atoms with E-state index in [-0.39, 0.29) is 5.78 Å². The van der Waals surface area contributed by atoms with Gasteiger partial charge < -0.3 is 9.47 Å². The van der Waals surface area contributed by atoms with Crippen molar-refractivity contribution < 1.29 is 14.3 Å². The first-order valence-electron chi connectivity index (χ1n) is 5.14. The zero-order valence-electron chi connectivity index (χ0n) is 8.79. The number of carbonyl (C=O) groups excluding carboxylic acids is 1. The summed E-state index contributed by atoms with van der Waals surface area (Å²) in [6, 6.07) is 5.69. The van der Waals surface area contributed by atoms with Crippen molar-refractivity contribution in [3.05, 3.63) is 23.8 Å². The molecule has 0 N–H and O–H groups in total. The topological polar surface area (TPSA) is 35.5 Å². The second-order valence-electron chi connectivity index (χ2n) is 3.67. The maximum absolute atomic E-state index is 11.1. The van der Waals surface area contributed by atoms with Crippen LogP contribution in [0.25, 0.3) is 0 Å². The largest absolute Gasteiger partial charge is 0.490 e. The fourth-order valence-electron chi connectivity index (χ4n) is 1.66. The third-order valence-corrected chi connectivity index (χ3v) is 2.29. The molecule has 1 aliphatic rings. The van der Waals surface area contributed by atoms with Crippen LogP contribution in [0.4, 0.5) is 0 Å². The molecule has 0 radical (unpaired) electrons. The van der Waals surface area contributed by atoms with E-state index in [1.165, 1.54) is 0 Å². The van der Waals surface area contributed by atoms with Crippen molar-refractivity contribution in [2.24, 2.45) is 0 Å². The second kappa shape index (κ2) is 4.34. The van der Waals surface area contributed by atoms with Crippen LogP contribution in [-0.2, 0) is 11.2 Å². The number of rotatable bonds is 2. The van der Waals surface area contributed by atoms with Gasteiger partial charge in [0, 0.05) is 18.4 Å². The minimum absolute atomic E-state index is 0.135. The number of Topliss-reactive ketones (excluding diaryl/α,β-unsaturated/α-hetero) is 1. The van der Waals surface area contributed by atoms with Crippen LogP contribution in [0.15, 0.2) is 18.2 Å². The molecule has 0 spiro atoms. The molecule has 0 amide bonds. The highest BCUT2D eigenvalue weighted by molar-refractivity contribution is 5.79. The molecule has 0 fully saturated rings. The standard InChI is InChI=1S/C12H14O3/c1-9(13)8-10-4-2-5-11-12(10)15-7-3-6-14-11/h2,4-5H,3,6-8H2,1H3. The number of para-hydroxylation sites is 1. The highest BCUT2D eigenvalue weighted by Crippen LogP contribution is 2.33. The van der Waals surface area contributed by atoms with Gasteiger partial charge in [-0.1, -0.05) is 12.1 Å². The molecule has 0 aromatic heterocycles. The van der Waals surface area contributed by atoms with E-state index in [2.05, 4.69) is 0 Å². The summed E-state index contributed by atoms with van der Waals surface area (Å²) in [6.07, 6.45) is 1.29. The van der Waals surface area contributed by atoms with Gasteiger partial charge in [-0.15, -0.1) is 0 Å². The molecule has 0 saturated carbocycles. The van der Waals surface area contributed by atoms with E-state index in [9.17, 15) is 4.79 Å². The molecule has 0 atom stereocenters. The van der Waals surface area contributed by atoms with Crippen LogP contribution >= 0.6 is 0 Å². The smallest absolute Gasteiger partial charge is 0.164 e. The van der Waals surface area contributed by atoms with Gasteiger partial charge in [0.05, 0.1) is 13.2 Å². The zero-order chi connectivity index (χ0) is 10.7. The lowest BCUT2D eigenvalue weighted by Gasteiger charge is -2.10. The third-order valence-electron chi connectivity index (χ3n) is 2.29. The lowest BCUT2D eigenvalue weighted by atomic mass is 10.1. The molecule has 1 aromatic rings. The number of benzene rings is 1. The average molecular weight is 206 g/mol. The summed E-state index contributed by atoms with van der Waals surface area (Å²) in [7, 11) is 0. The van der Waals surface area contributed by atoms with Crippen molar-refractivity contribution in [2.75, 3.05) is 13.2 Å². The van der Waals surface area contributed by atoms with Crippen LogP contribution in [-0.4, -0.2) is 19.0 Å². The van der Waals surface area contributed by atoms with E-state index in [0.717, 1.165) is 23.5 Å². The maximum atomic E-state index is 11.1. The summed E-state index contributed by atoms with van der Waals surface area (Å²) < 4.78 is 11.1. The number of hydrogen-bond donors (Lipinski definition) is 0. The Labute approximate surface area is 89.0 Å². The molecule has 0 saturated heterocycles. The first-order valence-corrected chi connectivity index (χ1v) is 5.14. The third kappa shape index (κ3) is 2.29. The summed E-state index contributed by atoms with van der Waals surface area (Å²) in [5.41, 5.74) is 0.918. The van der Waals surface area contributed by atoms with Gasteiger partial charge in [-0.25, -0.2) is 0 Å². The van der Waals surface area contributed by atoms with Crippen LogP contribution in [0.5, 0.6) is 11.5 Å². The fourth-order valence-corrected chi connectivity index (χ4v) is 1.66. The molecule has 1 heterocycles. The summed E-state index contributed by atoms with van der Waals surface area (Å²) in [5, 5.41) is 0. The van der Waals surface area contributed by atoms with Gasteiger partial charge in [0.25, 0.3) is 0 Å². The van der Waals surface area contributed by atoms with Crippen LogP contribution < -0.4 is 9.47 Å². The fraction of sp³-hybridized carbons (Fsp3) is 0.417. The van der Waals surface area contributed by atoms with Crippen molar-refractivity contribution in [1.82, 2.24) is 0 Å². The number of carbonyl (C=O) groups is 1. The number of ether oxygens (including phenoxy) is 2. The Morgan fingerprint density at radius 2 is 2.13 bits per heavy atom. The minimum atomic E-state index is 0.135. The first-order chi connectivity index (χ1) is 7.27. The van der Waals surface area contributed by atoms with Crippen molar-refractivity contribution in [3.63, 3.8) is 0 Å². The van der Waals surface area contributed by atoms with Crippen LogP contribution in [0.1, 0.15) is 18.9 Å². The number of fused-ring (bicyclic) bond motifs is 1. The molecule has 1 aliphatic heterocycles. The normalized spacial score (nSPS) is 14.5. The molecule has 2 rings (SSSR count). The van der Waals surface area contributed by atoms with Gasteiger partial charge in [0.15, 0.2) is 11.5 Å². The lowest BCUT2D eigenvalue weighted by molar-refractivity contribution is -0.116. The number of ketones is 1. The van der Waals surface area contributed by atoms with Crippen LogP contribution in [0.3, 0.4) is 0 Å². The molecule has 0 aliphatic carbocycles. The first kappa shape index (κ1) is 10.0. The maximum Gasteiger partial charge on any atom is 0.164 e. The molecular weight excluding hydrogens is 192 g/mol. The van der Waals surface area contributed by atoms with Gasteiger partial charge in [0.1, 0.15) is 5.78 Å². The summed E-state index contributed by atoms with van der Waals surface area (Å²) in [5.74, 6) is 1.63. The van der Waals surface area contributed by atoms with Crippen molar-refractivity contribution >= 4 is 5.78 Å². The Hall–Kier alpha value is -1.51. The Morgan fingerprint density at radius 1 is 1.33 bits per heavy atom. The predicted octanol–water partition coefficient (Wildman–Crippen LogP) is 1.98. The van der Waals surface area contributed by atoms with Crippen molar-refractivity contribution in [3.8, 4) is 11.5 Å². The molecule has 0 bridgehead atoms. The second-order valence-corrected chi connectivity index (χ2v) is 3.67. The molecule has 15 heavy (non-hydrogen) atoms. The molecular formula is C12H14O3. The van der Waals surface area contributed by atoms with Gasteiger partial charge in [-0.3, -0.25) is 4.79 Å². The molecule has 80 valence electrons. The van der Waals surface area contributed by atoms with Crippen LogP contribution in [0.2, 0.25) is 0 Å². The monoisotopic (exact) mass is 206 g/mol. The Kier molecular flexibility index (Phi) is 2.90. The number of hydrogen-bond acceptors (Lipinski definition) is 3. The molecule has 3 heteroatoms. The Bertz CT molecular complexity index is 371. The molecule has 3 nitrogen and oxygen atoms in total. The zero-order valence-corrected chi connectivity index (χ0v) is 8.79. The van der Waals surface area contributed by atoms with Gasteiger partial charge in [-0.2, -0.15) is 0 Å². The van der Waals surface area contributed by atoms with Gasteiger partial charge >= 0.3 is 0 Å². The summed E-state index contributed by atoms with van der Waals surface area (Å²) >= 11 is 0. The van der Waals surface area contributed by atoms with Crippen LogP contribution in [0, 0.1) is 0 Å². The highest BCUT2D eigenvalue weighted by Gasteiger charge is 2.14. The quantitative estimate of drug-likeness (QED) is 0.742. The molecule has 1 aromatic carbocycles. The van der Waals surface area contributed by atoms with E-state index in [4.69, 9.17) is 9.47 Å². The predicted molar refractivity (Wildman–Crippen MR) is 56.4 cm³/mol. The van der Waals surface area contributed by atoms with E-state index in [0.29, 0.717) is 19.6 Å². The van der Waals surface area contributed by atoms with E-state index in [1.54, 1.807) is 6.92 Å². The van der Waals surface area contributed by atoms with Gasteiger partial charge in [0.2, 0.25) is 0 Å². The minimum Gasteiger partial charge on any atom is -0.490 e. The van der Waals surface area contributed by atoms with E-state index < -0.39 is 0 Å². The van der Waals surface area contributed by atoms with Crippen molar-refractivity contribution in [1.29, 1.82) is 0 Å². The van der Waals surface area contributed by atoms with Gasteiger partial charge in [-0.05, 0) is 13.0 Å². The highest BCUT2D eigenvalue weighted by atomic mass is 16.5. The SMILES string of the molecule is CC(=O)Cc1cccc2c1OCCCO2. The lowest BCUT2D eigenvalue weighted by Crippen LogP contribution is -2.02. The summed E-state index contributed by atoms with van der Waals surface area (Å²) in [6.45, 7) is 2.91. The average Bonchev–Trinajstić information content (AvgIpc) is 2.42. The summed E-state index contributed by atoms with van der Waals surface area (Å²) in [4.78, 5) is 11.1. The Morgan fingerprint density at radius 3 is 2.93 bits per heavy atom. The van der Waals surface area contributed by atoms with Crippen molar-refractivity contribution in [2.45, 2.75) is 19.8 Å². The molecule has 0 unspecified atom stereocenters. The Balaban J connectivity index is 2.34. The van der Waals surface area contributed by atoms with E-state index >= 15 is 0 Å².